The van der Waals surface area contributed by atoms with Gasteiger partial charge in [-0.2, -0.15) is 0 Å². The highest BCUT2D eigenvalue weighted by Gasteiger charge is 2.24. The van der Waals surface area contributed by atoms with Crippen LogP contribution in [0.2, 0.25) is 0 Å². The first kappa shape index (κ1) is 32.9. The summed E-state index contributed by atoms with van der Waals surface area (Å²) >= 11 is 0. The Morgan fingerprint density at radius 2 is 0.867 bits per heavy atom. The van der Waals surface area contributed by atoms with Crippen LogP contribution in [0.3, 0.4) is 0 Å². The number of anilines is 3. The van der Waals surface area contributed by atoms with E-state index < -0.39 is 0 Å². The fourth-order valence-corrected chi connectivity index (χ4v) is 9.47. The molecule has 4 nitrogen and oxygen atoms in total. The summed E-state index contributed by atoms with van der Waals surface area (Å²) in [6, 6.07) is 70.8. The number of benzene rings is 10. The summed E-state index contributed by atoms with van der Waals surface area (Å²) in [6.45, 7) is 0. The average Bonchev–Trinajstić information content (AvgIpc) is 4.01. The third kappa shape index (κ3) is 4.85. The van der Waals surface area contributed by atoms with E-state index in [0.29, 0.717) is 0 Å². The molecular formula is C56H33NO3. The van der Waals surface area contributed by atoms with E-state index in [4.69, 9.17) is 13.3 Å². The molecule has 60 heavy (non-hydrogen) atoms. The summed E-state index contributed by atoms with van der Waals surface area (Å²) in [5, 5.41) is 11.1. The quantitative estimate of drug-likeness (QED) is 0.175. The molecule has 4 heteroatoms. The first-order valence-corrected chi connectivity index (χ1v) is 20.3. The normalized spacial score (nSPS) is 12.0. The lowest BCUT2D eigenvalue weighted by atomic mass is 9.98. The molecule has 0 aliphatic rings. The summed E-state index contributed by atoms with van der Waals surface area (Å²) in [4.78, 5) is 2.38. The van der Waals surface area contributed by atoms with Gasteiger partial charge in [0, 0.05) is 54.5 Å². The lowest BCUT2D eigenvalue weighted by Gasteiger charge is -2.28. The zero-order valence-corrected chi connectivity index (χ0v) is 32.2. The first-order chi connectivity index (χ1) is 29.7. The minimum atomic E-state index is 0.836. The van der Waals surface area contributed by atoms with Crippen LogP contribution in [0.4, 0.5) is 17.1 Å². The Kier molecular flexibility index (Phi) is 6.98. The predicted molar refractivity (Wildman–Crippen MR) is 249 cm³/mol. The van der Waals surface area contributed by atoms with Crippen molar-refractivity contribution in [3.63, 3.8) is 0 Å². The van der Waals surface area contributed by atoms with Crippen LogP contribution in [0, 0.1) is 0 Å². The van der Waals surface area contributed by atoms with E-state index in [2.05, 4.69) is 193 Å². The van der Waals surface area contributed by atoms with Gasteiger partial charge in [-0.25, -0.2) is 0 Å². The van der Waals surface area contributed by atoms with Crippen LogP contribution < -0.4 is 4.90 Å². The summed E-state index contributed by atoms with van der Waals surface area (Å²) < 4.78 is 20.0. The van der Waals surface area contributed by atoms with Gasteiger partial charge in [-0.05, 0) is 82.6 Å². The molecule has 0 N–H and O–H groups in total. The van der Waals surface area contributed by atoms with Gasteiger partial charge < -0.3 is 18.2 Å². The van der Waals surface area contributed by atoms with E-state index in [-0.39, 0.29) is 0 Å². The zero-order valence-electron chi connectivity index (χ0n) is 32.2. The summed E-state index contributed by atoms with van der Waals surface area (Å²) in [5.41, 5.74) is 12.6. The smallest absolute Gasteiger partial charge is 0.143 e. The van der Waals surface area contributed by atoms with Gasteiger partial charge in [-0.1, -0.05) is 140 Å². The molecule has 0 aliphatic carbocycles. The average molecular weight is 768 g/mol. The monoisotopic (exact) mass is 767 g/mol. The molecule has 280 valence electrons. The van der Waals surface area contributed by atoms with Crippen molar-refractivity contribution in [3.8, 4) is 22.3 Å². The molecule has 3 heterocycles. The molecule has 0 amide bonds. The van der Waals surface area contributed by atoms with Gasteiger partial charge >= 0.3 is 0 Å². The van der Waals surface area contributed by atoms with Crippen LogP contribution in [-0.2, 0) is 0 Å². The van der Waals surface area contributed by atoms with E-state index in [1.54, 1.807) is 0 Å². The first-order valence-electron chi connectivity index (χ1n) is 20.3. The van der Waals surface area contributed by atoms with Crippen molar-refractivity contribution in [2.75, 3.05) is 4.90 Å². The Morgan fingerprint density at radius 1 is 0.300 bits per heavy atom. The van der Waals surface area contributed by atoms with Crippen molar-refractivity contribution in [3.05, 3.63) is 200 Å². The lowest BCUT2D eigenvalue weighted by molar-refractivity contribution is 0.669. The van der Waals surface area contributed by atoms with Crippen LogP contribution in [0.5, 0.6) is 0 Å². The number of furan rings is 3. The second-order valence-electron chi connectivity index (χ2n) is 15.6. The Labute approximate surface area is 343 Å². The molecule has 3 aromatic heterocycles. The van der Waals surface area contributed by atoms with Crippen molar-refractivity contribution in [1.29, 1.82) is 0 Å². The van der Waals surface area contributed by atoms with E-state index in [1.165, 1.54) is 0 Å². The Hall–Kier alpha value is -8.08. The third-order valence-corrected chi connectivity index (χ3v) is 12.3. The fourth-order valence-electron chi connectivity index (χ4n) is 9.47. The predicted octanol–water partition coefficient (Wildman–Crippen LogP) is 16.5. The Balaban J connectivity index is 1.04. The number of fused-ring (bicyclic) bond motifs is 13. The molecule has 0 unspecified atom stereocenters. The van der Waals surface area contributed by atoms with Gasteiger partial charge in [-0.3, -0.25) is 0 Å². The number of hydrogen-bond donors (Lipinski definition) is 0. The van der Waals surface area contributed by atoms with Crippen LogP contribution >= 0.6 is 0 Å². The van der Waals surface area contributed by atoms with Crippen molar-refractivity contribution < 1.29 is 13.3 Å². The van der Waals surface area contributed by atoms with Crippen molar-refractivity contribution in [2.45, 2.75) is 0 Å². The largest absolute Gasteiger partial charge is 0.456 e. The van der Waals surface area contributed by atoms with E-state index in [1.807, 2.05) is 12.1 Å². The summed E-state index contributed by atoms with van der Waals surface area (Å²) in [5.74, 6) is 0. The molecule has 0 aliphatic heterocycles. The molecule has 0 saturated carbocycles. The molecule has 0 spiro atoms. The Bertz CT molecular complexity index is 3850. The van der Waals surface area contributed by atoms with Crippen LogP contribution in [0.1, 0.15) is 0 Å². The molecule has 0 atom stereocenters. The topological polar surface area (TPSA) is 42.7 Å². The van der Waals surface area contributed by atoms with Gasteiger partial charge in [0.15, 0.2) is 0 Å². The maximum Gasteiger partial charge on any atom is 0.143 e. The minimum absolute atomic E-state index is 0.836. The van der Waals surface area contributed by atoms with Gasteiger partial charge in [0.1, 0.15) is 33.5 Å². The Morgan fingerprint density at radius 3 is 1.70 bits per heavy atom. The van der Waals surface area contributed by atoms with Crippen molar-refractivity contribution in [2.24, 2.45) is 0 Å². The van der Waals surface area contributed by atoms with Gasteiger partial charge in [0.2, 0.25) is 0 Å². The molecular weight excluding hydrogens is 735 g/mol. The van der Waals surface area contributed by atoms with E-state index in [9.17, 15) is 0 Å². The molecule has 13 aromatic rings. The summed E-state index contributed by atoms with van der Waals surface area (Å²) in [6.07, 6.45) is 0. The van der Waals surface area contributed by atoms with E-state index in [0.717, 1.165) is 127 Å². The minimum Gasteiger partial charge on any atom is -0.456 e. The SMILES string of the molecule is c1ccc(N(c2ccc(-c3ccc4c(c3)oc3ccccc34)cc2)c2cccc3oc4c5ccccc5ccc4c23)c(-c2cccc3c2oc2c4ccccc4ccc32)c1. The maximum atomic E-state index is 6.93. The fraction of sp³-hybridized carbons (Fsp3) is 0. The second-order valence-corrected chi connectivity index (χ2v) is 15.6. The molecule has 10 aromatic carbocycles. The number of hydrogen-bond acceptors (Lipinski definition) is 4. The van der Waals surface area contributed by atoms with Crippen LogP contribution in [0.15, 0.2) is 213 Å². The van der Waals surface area contributed by atoms with Gasteiger partial charge in [-0.15, -0.1) is 0 Å². The molecule has 0 radical (unpaired) electrons. The maximum absolute atomic E-state index is 6.93. The van der Waals surface area contributed by atoms with Gasteiger partial charge in [0.25, 0.3) is 0 Å². The van der Waals surface area contributed by atoms with Gasteiger partial charge in [0.05, 0.1) is 16.8 Å². The number of para-hydroxylation sites is 3. The van der Waals surface area contributed by atoms with Crippen LogP contribution in [0.25, 0.3) is 110 Å². The van der Waals surface area contributed by atoms with Crippen LogP contribution in [-0.4, -0.2) is 0 Å². The van der Waals surface area contributed by atoms with E-state index >= 15 is 0 Å². The van der Waals surface area contributed by atoms with Crippen molar-refractivity contribution in [1.82, 2.24) is 0 Å². The van der Waals surface area contributed by atoms with Crippen molar-refractivity contribution >= 4 is 104 Å². The molecule has 13 rings (SSSR count). The second kappa shape index (κ2) is 12.7. The molecule has 0 fully saturated rings. The number of rotatable bonds is 5. The highest BCUT2D eigenvalue weighted by atomic mass is 16.3. The third-order valence-electron chi connectivity index (χ3n) is 12.3. The summed E-state index contributed by atoms with van der Waals surface area (Å²) in [7, 11) is 0. The zero-order chi connectivity index (χ0) is 39.3. The molecule has 0 saturated heterocycles. The lowest BCUT2D eigenvalue weighted by Crippen LogP contribution is -2.11. The molecule has 0 bridgehead atoms. The number of nitrogens with zero attached hydrogens (tertiary/aromatic N) is 1. The highest BCUT2D eigenvalue weighted by molar-refractivity contribution is 6.21. The standard InChI is InChI=1S/C56H33NO3/c1-3-13-39-35(11-1)25-31-46-45-18-9-17-44(56(45)60-54(39)46)41-15-5-7-19-48(41)57(49-20-10-22-51-53(49)47-32-26-36-12-2-4-14-40(36)55(47)59-51)38-28-23-34(24-29-38)37-27-30-43-42-16-6-8-21-50(42)58-52(43)33-37/h1-33H. The highest BCUT2D eigenvalue weighted by Crippen LogP contribution is 2.49.